The summed E-state index contributed by atoms with van der Waals surface area (Å²) in [4.78, 5) is 0. The van der Waals surface area contributed by atoms with Gasteiger partial charge in [0.2, 0.25) is 12.5 Å². The van der Waals surface area contributed by atoms with Gasteiger partial charge in [-0.3, -0.25) is 0 Å². The van der Waals surface area contributed by atoms with Crippen LogP contribution in [0.3, 0.4) is 0 Å². The Bertz CT molecular complexity index is 365. The van der Waals surface area contributed by atoms with Gasteiger partial charge in [0, 0.05) is 5.56 Å². The third-order valence-electron chi connectivity index (χ3n) is 2.67. The summed E-state index contributed by atoms with van der Waals surface area (Å²) in [5.74, 6) is 1.48. The van der Waals surface area contributed by atoms with Crippen LogP contribution in [-0.2, 0) is 0 Å². The molecule has 0 aliphatic carbocycles. The van der Waals surface area contributed by atoms with Crippen molar-refractivity contribution < 1.29 is 14.6 Å². The molecule has 0 bridgehead atoms. The molecule has 4 heteroatoms. The molecule has 2 rings (SSSR count). The van der Waals surface area contributed by atoms with E-state index in [2.05, 4.69) is 0 Å². The van der Waals surface area contributed by atoms with E-state index in [-0.39, 0.29) is 18.5 Å². The molecular formula is C11H15NO3. The lowest BCUT2D eigenvalue weighted by atomic mass is 9.96. The zero-order valence-corrected chi connectivity index (χ0v) is 8.69. The van der Waals surface area contributed by atoms with Gasteiger partial charge in [-0.25, -0.2) is 0 Å². The van der Waals surface area contributed by atoms with E-state index in [9.17, 15) is 5.11 Å². The van der Waals surface area contributed by atoms with Gasteiger partial charge < -0.3 is 20.3 Å². The Labute approximate surface area is 88.6 Å². The third kappa shape index (κ3) is 1.72. The quantitative estimate of drug-likeness (QED) is 0.793. The van der Waals surface area contributed by atoms with Crippen molar-refractivity contribution in [2.24, 2.45) is 5.73 Å². The van der Waals surface area contributed by atoms with Gasteiger partial charge in [-0.1, -0.05) is 13.0 Å². The fraction of sp³-hybridized carbons (Fsp3) is 0.455. The topological polar surface area (TPSA) is 64.7 Å². The second kappa shape index (κ2) is 3.98. The maximum Gasteiger partial charge on any atom is 0.231 e. The third-order valence-corrected chi connectivity index (χ3v) is 2.67. The number of phenols is 1. The molecular weight excluding hydrogens is 194 g/mol. The van der Waals surface area contributed by atoms with Crippen LogP contribution in [0.1, 0.15) is 24.8 Å². The van der Waals surface area contributed by atoms with Crippen LogP contribution in [0.15, 0.2) is 12.1 Å². The van der Waals surface area contributed by atoms with Crippen LogP contribution < -0.4 is 15.2 Å². The van der Waals surface area contributed by atoms with Gasteiger partial charge >= 0.3 is 0 Å². The number of rotatable bonds is 3. The smallest absolute Gasteiger partial charge is 0.231 e. The maximum absolute atomic E-state index is 9.96. The summed E-state index contributed by atoms with van der Waals surface area (Å²) in [5.41, 5.74) is 6.36. The van der Waals surface area contributed by atoms with E-state index in [1.165, 1.54) is 0 Å². The summed E-state index contributed by atoms with van der Waals surface area (Å²) in [5, 5.41) is 9.96. The molecule has 1 aromatic carbocycles. The van der Waals surface area contributed by atoms with Crippen molar-refractivity contribution in [2.75, 3.05) is 13.3 Å². The highest BCUT2D eigenvalue weighted by Gasteiger charge is 2.22. The lowest BCUT2D eigenvalue weighted by Crippen LogP contribution is -2.04. The Kier molecular flexibility index (Phi) is 2.68. The van der Waals surface area contributed by atoms with Crippen LogP contribution in [0.5, 0.6) is 17.2 Å². The summed E-state index contributed by atoms with van der Waals surface area (Å²) in [6.07, 6.45) is 0.840. The first kappa shape index (κ1) is 10.1. The van der Waals surface area contributed by atoms with Gasteiger partial charge in [-0.15, -0.1) is 0 Å². The molecule has 82 valence electrons. The van der Waals surface area contributed by atoms with Gasteiger partial charge in [-0.2, -0.15) is 0 Å². The van der Waals surface area contributed by atoms with E-state index in [4.69, 9.17) is 15.2 Å². The van der Waals surface area contributed by atoms with Crippen molar-refractivity contribution in [3.05, 3.63) is 17.7 Å². The van der Waals surface area contributed by atoms with Crippen LogP contribution >= 0.6 is 0 Å². The summed E-state index contributed by atoms with van der Waals surface area (Å²) in [6, 6.07) is 3.69. The lowest BCUT2D eigenvalue weighted by Gasteiger charge is -2.13. The highest BCUT2D eigenvalue weighted by molar-refractivity contribution is 5.56. The molecule has 1 atom stereocenters. The Morgan fingerprint density at radius 2 is 2.27 bits per heavy atom. The van der Waals surface area contributed by atoms with E-state index < -0.39 is 0 Å². The number of fused-ring (bicyclic) bond motifs is 1. The van der Waals surface area contributed by atoms with Crippen molar-refractivity contribution in [1.82, 2.24) is 0 Å². The number of aromatic hydroxyl groups is 1. The van der Waals surface area contributed by atoms with Crippen molar-refractivity contribution in [3.8, 4) is 17.2 Å². The number of hydrogen-bond donors (Lipinski definition) is 2. The Hall–Kier alpha value is -1.42. The Morgan fingerprint density at radius 1 is 1.47 bits per heavy atom. The highest BCUT2D eigenvalue weighted by Crippen LogP contribution is 2.44. The Balaban J connectivity index is 2.33. The standard InChI is InChI=1S/C11H15NO3/c1-7(4-5-12)8-2-3-9-11(10(8)13)15-6-14-9/h2-3,7,13H,4-6,12H2,1H3. The fourth-order valence-electron chi connectivity index (χ4n) is 1.78. The number of ether oxygens (including phenoxy) is 2. The van der Waals surface area contributed by atoms with Crippen molar-refractivity contribution >= 4 is 0 Å². The minimum atomic E-state index is 0.178. The molecule has 0 fully saturated rings. The summed E-state index contributed by atoms with van der Waals surface area (Å²) in [7, 11) is 0. The second-order valence-corrected chi connectivity index (χ2v) is 3.72. The largest absolute Gasteiger partial charge is 0.504 e. The van der Waals surface area contributed by atoms with Gasteiger partial charge in [0.1, 0.15) is 0 Å². The first-order chi connectivity index (χ1) is 7.24. The molecule has 0 radical (unpaired) electrons. The molecule has 4 nitrogen and oxygen atoms in total. The minimum absolute atomic E-state index is 0.178. The van der Waals surface area contributed by atoms with Crippen molar-refractivity contribution in [1.29, 1.82) is 0 Å². The first-order valence-electron chi connectivity index (χ1n) is 5.05. The van der Waals surface area contributed by atoms with E-state index >= 15 is 0 Å². The highest BCUT2D eigenvalue weighted by atomic mass is 16.7. The van der Waals surface area contributed by atoms with Gasteiger partial charge in [0.25, 0.3) is 0 Å². The molecule has 15 heavy (non-hydrogen) atoms. The lowest BCUT2D eigenvalue weighted by molar-refractivity contribution is 0.171. The average molecular weight is 209 g/mol. The average Bonchev–Trinajstić information content (AvgIpc) is 2.67. The van der Waals surface area contributed by atoms with Crippen molar-refractivity contribution in [3.63, 3.8) is 0 Å². The van der Waals surface area contributed by atoms with Crippen LogP contribution in [0.2, 0.25) is 0 Å². The molecule has 0 aromatic heterocycles. The number of hydrogen-bond acceptors (Lipinski definition) is 4. The van der Waals surface area contributed by atoms with Crippen LogP contribution in [0.4, 0.5) is 0 Å². The summed E-state index contributed by atoms with van der Waals surface area (Å²) < 4.78 is 10.4. The molecule has 0 spiro atoms. The zero-order chi connectivity index (χ0) is 10.8. The van der Waals surface area contributed by atoms with Gasteiger partial charge in [0.15, 0.2) is 11.5 Å². The molecule has 1 unspecified atom stereocenters. The maximum atomic E-state index is 9.96. The monoisotopic (exact) mass is 209 g/mol. The second-order valence-electron chi connectivity index (χ2n) is 3.72. The molecule has 1 aliphatic heterocycles. The normalized spacial score (nSPS) is 15.3. The fourth-order valence-corrected chi connectivity index (χ4v) is 1.78. The molecule has 0 saturated carbocycles. The van der Waals surface area contributed by atoms with Crippen LogP contribution in [-0.4, -0.2) is 18.4 Å². The van der Waals surface area contributed by atoms with Gasteiger partial charge in [0.05, 0.1) is 0 Å². The zero-order valence-electron chi connectivity index (χ0n) is 8.69. The molecule has 3 N–H and O–H groups in total. The first-order valence-corrected chi connectivity index (χ1v) is 5.05. The molecule has 0 amide bonds. The molecule has 0 saturated heterocycles. The van der Waals surface area contributed by atoms with Crippen molar-refractivity contribution in [2.45, 2.75) is 19.3 Å². The Morgan fingerprint density at radius 3 is 3.00 bits per heavy atom. The van der Waals surface area contributed by atoms with E-state index in [1.807, 2.05) is 19.1 Å². The number of phenolic OH excluding ortho intramolecular Hbond substituents is 1. The number of nitrogens with two attached hydrogens (primary N) is 1. The van der Waals surface area contributed by atoms with Crippen LogP contribution in [0.25, 0.3) is 0 Å². The van der Waals surface area contributed by atoms with Crippen LogP contribution in [0, 0.1) is 0 Å². The predicted octanol–water partition coefficient (Wildman–Crippen LogP) is 1.57. The summed E-state index contributed by atoms with van der Waals surface area (Å²) in [6.45, 7) is 2.82. The van der Waals surface area contributed by atoms with E-state index in [0.29, 0.717) is 18.0 Å². The summed E-state index contributed by atoms with van der Waals surface area (Å²) >= 11 is 0. The molecule has 1 aromatic rings. The minimum Gasteiger partial charge on any atom is -0.504 e. The van der Waals surface area contributed by atoms with E-state index in [1.54, 1.807) is 0 Å². The number of benzene rings is 1. The predicted molar refractivity (Wildman–Crippen MR) is 56.3 cm³/mol. The van der Waals surface area contributed by atoms with E-state index in [0.717, 1.165) is 12.0 Å². The molecule has 1 aliphatic rings. The molecule has 1 heterocycles. The SMILES string of the molecule is CC(CCN)c1ccc2c(c1O)OCO2. The van der Waals surface area contributed by atoms with Gasteiger partial charge in [-0.05, 0) is 24.9 Å².